The van der Waals surface area contributed by atoms with E-state index in [4.69, 9.17) is 9.47 Å². The van der Waals surface area contributed by atoms with Crippen LogP contribution in [0.1, 0.15) is 46.5 Å². The van der Waals surface area contributed by atoms with Crippen molar-refractivity contribution in [1.82, 2.24) is 5.32 Å². The topological polar surface area (TPSA) is 64.6 Å². The van der Waals surface area contributed by atoms with Crippen LogP contribution in [0.3, 0.4) is 0 Å². The fourth-order valence-electron chi connectivity index (χ4n) is 2.92. The molecule has 1 N–H and O–H groups in total. The van der Waals surface area contributed by atoms with E-state index in [0.717, 1.165) is 19.3 Å². The standard InChI is InChI=1S/C19H26FNO4/c1-13-6-4-5-7-16(13)21-17(22)12-24-18(23)19(2,3)25-15-10-8-14(20)9-11-15/h8-11,13,16H,4-7,12H2,1-3H3,(H,21,22)/t13-,16-/m0/s1. The van der Waals surface area contributed by atoms with Crippen molar-refractivity contribution < 1.29 is 23.5 Å². The molecular weight excluding hydrogens is 325 g/mol. The Hall–Kier alpha value is -2.11. The molecule has 1 saturated carbocycles. The molecule has 2 atom stereocenters. The fraction of sp³-hybridized carbons (Fsp3) is 0.579. The van der Waals surface area contributed by atoms with Crippen LogP contribution in [0.15, 0.2) is 24.3 Å². The summed E-state index contributed by atoms with van der Waals surface area (Å²) in [6, 6.07) is 5.50. The molecule has 1 aliphatic rings. The molecule has 1 aromatic carbocycles. The molecule has 0 radical (unpaired) electrons. The molecule has 1 aliphatic carbocycles. The Bertz CT molecular complexity index is 600. The van der Waals surface area contributed by atoms with E-state index >= 15 is 0 Å². The Labute approximate surface area is 147 Å². The number of hydrogen-bond acceptors (Lipinski definition) is 4. The number of esters is 1. The van der Waals surface area contributed by atoms with Gasteiger partial charge in [-0.05, 0) is 56.9 Å². The highest BCUT2D eigenvalue weighted by atomic mass is 19.1. The average Bonchev–Trinajstić information content (AvgIpc) is 2.56. The summed E-state index contributed by atoms with van der Waals surface area (Å²) in [5, 5.41) is 2.93. The van der Waals surface area contributed by atoms with E-state index in [2.05, 4.69) is 12.2 Å². The summed E-state index contributed by atoms with van der Waals surface area (Å²) < 4.78 is 23.6. The average molecular weight is 351 g/mol. The van der Waals surface area contributed by atoms with Gasteiger partial charge in [0.05, 0.1) is 0 Å². The third kappa shape index (κ3) is 5.73. The van der Waals surface area contributed by atoms with Gasteiger partial charge in [-0.1, -0.05) is 19.8 Å². The minimum absolute atomic E-state index is 0.142. The zero-order chi connectivity index (χ0) is 18.4. The molecular formula is C19H26FNO4. The Morgan fingerprint density at radius 2 is 1.84 bits per heavy atom. The Balaban J connectivity index is 1.81. The lowest BCUT2D eigenvalue weighted by Gasteiger charge is -2.29. The Morgan fingerprint density at radius 3 is 2.48 bits per heavy atom. The van der Waals surface area contributed by atoms with E-state index in [1.165, 1.54) is 30.7 Å². The van der Waals surface area contributed by atoms with Gasteiger partial charge < -0.3 is 14.8 Å². The predicted octanol–water partition coefficient (Wildman–Crippen LogP) is 3.22. The van der Waals surface area contributed by atoms with Gasteiger partial charge in [-0.2, -0.15) is 0 Å². The zero-order valence-electron chi connectivity index (χ0n) is 15.0. The molecule has 0 aliphatic heterocycles. The van der Waals surface area contributed by atoms with Crippen molar-refractivity contribution in [3.8, 4) is 5.75 Å². The van der Waals surface area contributed by atoms with Gasteiger partial charge in [0.15, 0.2) is 12.2 Å². The first-order valence-corrected chi connectivity index (χ1v) is 8.69. The third-order valence-corrected chi connectivity index (χ3v) is 4.47. The summed E-state index contributed by atoms with van der Waals surface area (Å²) in [7, 11) is 0. The maximum absolute atomic E-state index is 12.9. The summed E-state index contributed by atoms with van der Waals surface area (Å²) >= 11 is 0. The van der Waals surface area contributed by atoms with Crippen molar-refractivity contribution in [2.24, 2.45) is 5.92 Å². The lowest BCUT2D eigenvalue weighted by Crippen LogP contribution is -2.45. The molecule has 1 fully saturated rings. The minimum atomic E-state index is -1.28. The van der Waals surface area contributed by atoms with Gasteiger partial charge in [0, 0.05) is 6.04 Å². The number of benzene rings is 1. The van der Waals surface area contributed by atoms with E-state index in [1.807, 2.05) is 0 Å². The van der Waals surface area contributed by atoms with Gasteiger partial charge in [0.2, 0.25) is 0 Å². The van der Waals surface area contributed by atoms with Crippen LogP contribution in [0.25, 0.3) is 0 Å². The number of rotatable bonds is 6. The van der Waals surface area contributed by atoms with Crippen molar-refractivity contribution in [3.05, 3.63) is 30.1 Å². The minimum Gasteiger partial charge on any atom is -0.476 e. The summed E-state index contributed by atoms with van der Waals surface area (Å²) in [4.78, 5) is 24.2. The maximum Gasteiger partial charge on any atom is 0.350 e. The van der Waals surface area contributed by atoms with Crippen molar-refractivity contribution >= 4 is 11.9 Å². The molecule has 0 aromatic heterocycles. The van der Waals surface area contributed by atoms with Crippen molar-refractivity contribution in [2.45, 2.75) is 58.1 Å². The van der Waals surface area contributed by atoms with E-state index in [9.17, 15) is 14.0 Å². The summed E-state index contributed by atoms with van der Waals surface area (Å²) in [6.07, 6.45) is 4.36. The van der Waals surface area contributed by atoms with Crippen LogP contribution < -0.4 is 10.1 Å². The predicted molar refractivity (Wildman–Crippen MR) is 91.6 cm³/mol. The molecule has 0 saturated heterocycles. The van der Waals surface area contributed by atoms with Gasteiger partial charge in [-0.15, -0.1) is 0 Å². The van der Waals surface area contributed by atoms with Crippen LogP contribution in [0.2, 0.25) is 0 Å². The molecule has 0 heterocycles. The van der Waals surface area contributed by atoms with Crippen LogP contribution in [0.4, 0.5) is 4.39 Å². The van der Waals surface area contributed by atoms with Crippen LogP contribution in [-0.4, -0.2) is 30.1 Å². The molecule has 25 heavy (non-hydrogen) atoms. The third-order valence-electron chi connectivity index (χ3n) is 4.47. The number of ether oxygens (including phenoxy) is 2. The van der Waals surface area contributed by atoms with Crippen LogP contribution >= 0.6 is 0 Å². The van der Waals surface area contributed by atoms with Crippen molar-refractivity contribution in [1.29, 1.82) is 0 Å². The van der Waals surface area contributed by atoms with E-state index in [0.29, 0.717) is 11.7 Å². The number of nitrogens with one attached hydrogen (secondary N) is 1. The number of amides is 1. The quantitative estimate of drug-likeness (QED) is 0.799. The summed E-state index contributed by atoms with van der Waals surface area (Å²) in [6.45, 7) is 4.87. The highest BCUT2D eigenvalue weighted by molar-refractivity contribution is 5.84. The Morgan fingerprint density at radius 1 is 1.20 bits per heavy atom. The molecule has 0 spiro atoms. The van der Waals surface area contributed by atoms with Gasteiger partial charge in [0.25, 0.3) is 5.91 Å². The lowest BCUT2D eigenvalue weighted by molar-refractivity contribution is -0.162. The summed E-state index contributed by atoms with van der Waals surface area (Å²) in [5.41, 5.74) is -1.28. The van der Waals surface area contributed by atoms with Gasteiger partial charge >= 0.3 is 5.97 Å². The molecule has 2 rings (SSSR count). The molecule has 1 amide bonds. The monoisotopic (exact) mass is 351 g/mol. The number of carbonyl (C=O) groups excluding carboxylic acids is 2. The second-order valence-corrected chi connectivity index (χ2v) is 7.08. The van der Waals surface area contributed by atoms with Gasteiger partial charge in [-0.25, -0.2) is 9.18 Å². The SMILES string of the molecule is C[C@H]1CCCC[C@@H]1NC(=O)COC(=O)C(C)(C)Oc1ccc(F)cc1. The highest BCUT2D eigenvalue weighted by Gasteiger charge is 2.32. The largest absolute Gasteiger partial charge is 0.476 e. The second kappa shape index (κ2) is 8.32. The lowest BCUT2D eigenvalue weighted by atomic mass is 9.86. The molecule has 138 valence electrons. The van der Waals surface area contributed by atoms with Gasteiger partial charge in [0.1, 0.15) is 11.6 Å². The molecule has 5 nitrogen and oxygen atoms in total. The fourth-order valence-corrected chi connectivity index (χ4v) is 2.92. The zero-order valence-corrected chi connectivity index (χ0v) is 15.0. The van der Waals surface area contributed by atoms with E-state index < -0.39 is 11.6 Å². The second-order valence-electron chi connectivity index (χ2n) is 7.08. The Kier molecular flexibility index (Phi) is 6.39. The number of halogens is 1. The first-order valence-electron chi connectivity index (χ1n) is 8.69. The van der Waals surface area contributed by atoms with Crippen molar-refractivity contribution in [3.63, 3.8) is 0 Å². The van der Waals surface area contributed by atoms with E-state index in [-0.39, 0.29) is 24.4 Å². The highest BCUT2D eigenvalue weighted by Crippen LogP contribution is 2.23. The first-order chi connectivity index (χ1) is 11.8. The molecule has 6 heteroatoms. The van der Waals surface area contributed by atoms with Crippen LogP contribution in [0, 0.1) is 11.7 Å². The molecule has 0 bridgehead atoms. The molecule has 1 aromatic rings. The summed E-state index contributed by atoms with van der Waals surface area (Å²) in [5.74, 6) is -0.551. The number of hydrogen-bond donors (Lipinski definition) is 1. The normalized spacial score (nSPS) is 20.6. The van der Waals surface area contributed by atoms with Crippen LogP contribution in [-0.2, 0) is 14.3 Å². The van der Waals surface area contributed by atoms with E-state index in [1.54, 1.807) is 13.8 Å². The van der Waals surface area contributed by atoms with Crippen molar-refractivity contribution in [2.75, 3.05) is 6.61 Å². The first kappa shape index (κ1) is 19.2. The maximum atomic E-state index is 12.9. The van der Waals surface area contributed by atoms with Gasteiger partial charge in [-0.3, -0.25) is 4.79 Å². The van der Waals surface area contributed by atoms with Crippen LogP contribution in [0.5, 0.6) is 5.75 Å². The molecule has 0 unspecified atom stereocenters. The smallest absolute Gasteiger partial charge is 0.350 e. The number of carbonyl (C=O) groups is 2.